The Labute approximate surface area is 86.7 Å². The van der Waals surface area contributed by atoms with Gasteiger partial charge in [-0.2, -0.15) is 13.2 Å². The third kappa shape index (κ3) is 6.33. The van der Waals surface area contributed by atoms with E-state index in [0.29, 0.717) is 12.8 Å². The van der Waals surface area contributed by atoms with Crippen molar-refractivity contribution in [2.24, 2.45) is 0 Å². The summed E-state index contributed by atoms with van der Waals surface area (Å²) in [6, 6.07) is -0.800. The molecule has 1 atom stereocenters. The van der Waals surface area contributed by atoms with E-state index in [1.54, 1.807) is 5.32 Å². The van der Waals surface area contributed by atoms with Crippen LogP contribution in [-0.4, -0.2) is 29.8 Å². The van der Waals surface area contributed by atoms with Crippen molar-refractivity contribution in [2.45, 2.75) is 44.8 Å². The predicted octanol–water partition coefficient (Wildman–Crippen LogP) is 1.61. The number of hydrogen-bond donors (Lipinski definition) is 2. The van der Waals surface area contributed by atoms with Crippen LogP contribution in [0.5, 0.6) is 0 Å². The van der Waals surface area contributed by atoms with E-state index in [1.807, 2.05) is 6.92 Å². The van der Waals surface area contributed by atoms with Gasteiger partial charge in [0.2, 0.25) is 0 Å². The van der Waals surface area contributed by atoms with Crippen molar-refractivity contribution in [3.8, 4) is 0 Å². The fourth-order valence-corrected chi connectivity index (χ4v) is 1.12. The second-order valence-electron chi connectivity index (χ2n) is 3.35. The van der Waals surface area contributed by atoms with Gasteiger partial charge < -0.3 is 10.4 Å². The Morgan fingerprint density at radius 1 is 1.40 bits per heavy atom. The highest BCUT2D eigenvalue weighted by Crippen LogP contribution is 2.15. The number of halogens is 3. The molecular weight excluding hydrogens is 211 g/mol. The molecule has 0 aliphatic heterocycles. The lowest BCUT2D eigenvalue weighted by atomic mass is 10.1. The molecule has 0 aromatic rings. The molecule has 90 valence electrons. The van der Waals surface area contributed by atoms with Gasteiger partial charge in [0.05, 0.1) is 12.6 Å². The van der Waals surface area contributed by atoms with Gasteiger partial charge in [-0.3, -0.25) is 4.79 Å². The van der Waals surface area contributed by atoms with Crippen LogP contribution in [0.25, 0.3) is 0 Å². The minimum Gasteiger partial charge on any atom is -0.394 e. The molecule has 0 heterocycles. The van der Waals surface area contributed by atoms with Crippen molar-refractivity contribution in [1.29, 1.82) is 0 Å². The molecule has 6 heteroatoms. The first kappa shape index (κ1) is 14.2. The average Bonchev–Trinajstić information content (AvgIpc) is 2.14. The molecule has 0 aromatic heterocycles. The summed E-state index contributed by atoms with van der Waals surface area (Å²) in [6.45, 7) is 1.49. The number of rotatable bonds is 6. The van der Waals surface area contributed by atoms with Crippen LogP contribution in [0.15, 0.2) is 0 Å². The molecule has 0 fully saturated rings. The zero-order chi connectivity index (χ0) is 11.9. The van der Waals surface area contributed by atoms with Crippen molar-refractivity contribution in [2.75, 3.05) is 6.61 Å². The summed E-state index contributed by atoms with van der Waals surface area (Å²) < 4.78 is 35.5. The molecule has 2 N–H and O–H groups in total. The maximum absolute atomic E-state index is 11.8. The van der Waals surface area contributed by atoms with Gasteiger partial charge in [-0.1, -0.05) is 26.2 Å². The Balaban J connectivity index is 3.94. The Morgan fingerprint density at radius 2 is 2.00 bits per heavy atom. The molecule has 0 unspecified atom stereocenters. The van der Waals surface area contributed by atoms with Gasteiger partial charge in [-0.15, -0.1) is 0 Å². The first-order valence-electron chi connectivity index (χ1n) is 4.90. The minimum atomic E-state index is -4.88. The Bertz CT molecular complexity index is 194. The Hall–Kier alpha value is -0.780. The van der Waals surface area contributed by atoms with E-state index in [1.165, 1.54) is 0 Å². The number of amides is 1. The number of carbonyl (C=O) groups excluding carboxylic acids is 1. The molecule has 0 aliphatic rings. The number of unbranched alkanes of at least 4 members (excludes halogenated alkanes) is 2. The van der Waals surface area contributed by atoms with Crippen molar-refractivity contribution < 1.29 is 23.1 Å². The topological polar surface area (TPSA) is 49.3 Å². The number of aliphatic hydroxyl groups excluding tert-OH is 1. The molecule has 3 nitrogen and oxygen atoms in total. The van der Waals surface area contributed by atoms with Gasteiger partial charge in [-0.25, -0.2) is 0 Å². The number of alkyl halides is 3. The molecule has 0 saturated carbocycles. The molecule has 15 heavy (non-hydrogen) atoms. The lowest BCUT2D eigenvalue weighted by molar-refractivity contribution is -0.174. The van der Waals surface area contributed by atoms with Crippen LogP contribution in [-0.2, 0) is 4.79 Å². The van der Waals surface area contributed by atoms with E-state index in [0.717, 1.165) is 12.8 Å². The van der Waals surface area contributed by atoms with Crippen LogP contribution in [0, 0.1) is 0 Å². The number of carbonyl (C=O) groups is 1. The second kappa shape index (κ2) is 6.66. The van der Waals surface area contributed by atoms with Gasteiger partial charge in [0.25, 0.3) is 0 Å². The molecule has 0 bridgehead atoms. The van der Waals surface area contributed by atoms with E-state index in [-0.39, 0.29) is 0 Å². The van der Waals surface area contributed by atoms with Crippen molar-refractivity contribution in [3.05, 3.63) is 0 Å². The number of nitrogens with one attached hydrogen (secondary N) is 1. The lowest BCUT2D eigenvalue weighted by Crippen LogP contribution is -2.44. The quantitative estimate of drug-likeness (QED) is 0.677. The molecular formula is C9H16F3NO2. The van der Waals surface area contributed by atoms with E-state index >= 15 is 0 Å². The summed E-state index contributed by atoms with van der Waals surface area (Å²) >= 11 is 0. The molecule has 0 radical (unpaired) electrons. The van der Waals surface area contributed by atoms with Crippen LogP contribution in [0.1, 0.15) is 32.6 Å². The number of aliphatic hydroxyl groups is 1. The molecule has 0 spiro atoms. The zero-order valence-electron chi connectivity index (χ0n) is 8.60. The Morgan fingerprint density at radius 3 is 2.40 bits per heavy atom. The fourth-order valence-electron chi connectivity index (χ4n) is 1.12. The van der Waals surface area contributed by atoms with E-state index < -0.39 is 24.7 Å². The average molecular weight is 227 g/mol. The minimum absolute atomic E-state index is 0.367. The normalized spacial score (nSPS) is 13.7. The standard InChI is InChI=1S/C9H16F3NO2/c1-2-3-4-5-7(6-14)13-8(15)9(10,11)12/h7,14H,2-6H2,1H3,(H,13,15)/t7-/m0/s1. The van der Waals surface area contributed by atoms with Crippen molar-refractivity contribution in [3.63, 3.8) is 0 Å². The monoisotopic (exact) mass is 227 g/mol. The SMILES string of the molecule is CCCCC[C@@H](CO)NC(=O)C(F)(F)F. The van der Waals surface area contributed by atoms with Gasteiger partial charge in [0.15, 0.2) is 0 Å². The lowest BCUT2D eigenvalue weighted by Gasteiger charge is -2.16. The van der Waals surface area contributed by atoms with E-state index in [2.05, 4.69) is 0 Å². The summed E-state index contributed by atoms with van der Waals surface area (Å²) in [6.07, 6.45) is -2.01. The maximum Gasteiger partial charge on any atom is 0.471 e. The van der Waals surface area contributed by atoms with Crippen LogP contribution in [0.4, 0.5) is 13.2 Å². The summed E-state index contributed by atoms with van der Waals surface area (Å²) in [5.41, 5.74) is 0. The first-order chi connectivity index (χ1) is 6.91. The van der Waals surface area contributed by atoms with Crippen LogP contribution in [0.3, 0.4) is 0 Å². The highest BCUT2D eigenvalue weighted by molar-refractivity contribution is 5.81. The van der Waals surface area contributed by atoms with E-state index in [4.69, 9.17) is 5.11 Å². The van der Waals surface area contributed by atoms with Gasteiger partial charge >= 0.3 is 12.1 Å². The van der Waals surface area contributed by atoms with Crippen LogP contribution < -0.4 is 5.32 Å². The van der Waals surface area contributed by atoms with Gasteiger partial charge in [0, 0.05) is 0 Å². The highest BCUT2D eigenvalue weighted by atomic mass is 19.4. The first-order valence-corrected chi connectivity index (χ1v) is 4.90. The zero-order valence-corrected chi connectivity index (χ0v) is 8.60. The molecule has 0 aliphatic carbocycles. The van der Waals surface area contributed by atoms with Crippen LogP contribution in [0.2, 0.25) is 0 Å². The summed E-state index contributed by atoms with van der Waals surface area (Å²) in [7, 11) is 0. The molecule has 0 saturated heterocycles. The maximum atomic E-state index is 11.8. The third-order valence-corrected chi connectivity index (χ3v) is 1.97. The molecule has 0 aromatic carbocycles. The van der Waals surface area contributed by atoms with E-state index in [9.17, 15) is 18.0 Å². The second-order valence-corrected chi connectivity index (χ2v) is 3.35. The highest BCUT2D eigenvalue weighted by Gasteiger charge is 2.39. The Kier molecular flexibility index (Phi) is 6.31. The van der Waals surface area contributed by atoms with Crippen LogP contribution >= 0.6 is 0 Å². The van der Waals surface area contributed by atoms with Gasteiger partial charge in [-0.05, 0) is 6.42 Å². The summed E-state index contributed by atoms with van der Waals surface area (Å²) in [4.78, 5) is 10.5. The largest absolute Gasteiger partial charge is 0.471 e. The number of hydrogen-bond acceptors (Lipinski definition) is 2. The van der Waals surface area contributed by atoms with Gasteiger partial charge in [0.1, 0.15) is 0 Å². The summed E-state index contributed by atoms with van der Waals surface area (Å²) in [5.74, 6) is -1.99. The third-order valence-electron chi connectivity index (χ3n) is 1.97. The van der Waals surface area contributed by atoms with Crippen molar-refractivity contribution in [1.82, 2.24) is 5.32 Å². The summed E-state index contributed by atoms with van der Waals surface area (Å²) in [5, 5.41) is 10.5. The molecule has 0 rings (SSSR count). The predicted molar refractivity (Wildman–Crippen MR) is 49.2 cm³/mol. The molecule has 1 amide bonds. The van der Waals surface area contributed by atoms with Crippen molar-refractivity contribution >= 4 is 5.91 Å². The fraction of sp³-hybridized carbons (Fsp3) is 0.889. The smallest absolute Gasteiger partial charge is 0.394 e.